The molecule has 0 N–H and O–H groups in total. The number of hydrogen-bond acceptors (Lipinski definition) is 7. The van der Waals surface area contributed by atoms with Gasteiger partial charge in [-0.15, -0.1) is 0 Å². The average Bonchev–Trinajstić information content (AvgIpc) is 3.12. The number of carbonyl (C=O) groups is 2. The maximum Gasteiger partial charge on any atom is 0.373 e. The molecule has 2 aromatic rings. The summed E-state index contributed by atoms with van der Waals surface area (Å²) in [7, 11) is 4.50. The van der Waals surface area contributed by atoms with E-state index in [-0.39, 0.29) is 5.76 Å². The minimum absolute atomic E-state index is 0.165. The lowest BCUT2D eigenvalue weighted by Crippen LogP contribution is -2.16. The minimum atomic E-state index is -0.511. The third kappa shape index (κ3) is 4.01. The van der Waals surface area contributed by atoms with Gasteiger partial charge in [0.25, 0.3) is 0 Å². The summed E-state index contributed by atoms with van der Waals surface area (Å²) in [4.78, 5) is 24.8. The van der Waals surface area contributed by atoms with Crippen molar-refractivity contribution in [2.45, 2.75) is 20.0 Å². The van der Waals surface area contributed by atoms with Crippen LogP contribution in [0.2, 0.25) is 0 Å². The molecule has 7 heteroatoms. The monoisotopic (exact) mass is 321 g/mol. The predicted octanol–water partition coefficient (Wildman–Crippen LogP) is 2.39. The van der Waals surface area contributed by atoms with Gasteiger partial charge in [-0.3, -0.25) is 4.90 Å². The highest BCUT2D eigenvalue weighted by molar-refractivity contribution is 5.90. The van der Waals surface area contributed by atoms with E-state index in [9.17, 15) is 9.59 Å². The zero-order valence-electron chi connectivity index (χ0n) is 13.5. The van der Waals surface area contributed by atoms with Gasteiger partial charge in [0.15, 0.2) is 0 Å². The summed E-state index contributed by atoms with van der Waals surface area (Å²) < 4.78 is 20.3. The molecule has 0 unspecified atom stereocenters. The molecular weight excluding hydrogens is 302 g/mol. The summed E-state index contributed by atoms with van der Waals surface area (Å²) in [6, 6.07) is 4.96. The first-order chi connectivity index (χ1) is 10.9. The van der Waals surface area contributed by atoms with Gasteiger partial charge >= 0.3 is 11.9 Å². The van der Waals surface area contributed by atoms with Crippen LogP contribution in [0, 0.1) is 6.92 Å². The molecule has 0 spiro atoms. The normalized spacial score (nSPS) is 10.8. The van der Waals surface area contributed by atoms with Gasteiger partial charge in [0.05, 0.1) is 27.3 Å². The topological polar surface area (TPSA) is 82.1 Å². The summed E-state index contributed by atoms with van der Waals surface area (Å²) in [5.74, 6) is 1.02. The molecule has 0 radical (unpaired) electrons. The lowest BCUT2D eigenvalue weighted by atomic mass is 10.2. The lowest BCUT2D eigenvalue weighted by molar-refractivity contribution is 0.0559. The van der Waals surface area contributed by atoms with Crippen LogP contribution >= 0.6 is 0 Å². The van der Waals surface area contributed by atoms with Crippen LogP contribution in [0.1, 0.15) is 38.2 Å². The van der Waals surface area contributed by atoms with E-state index < -0.39 is 11.9 Å². The zero-order chi connectivity index (χ0) is 17.0. The third-order valence-corrected chi connectivity index (χ3v) is 3.27. The molecule has 0 saturated carbocycles. The Kier molecular flexibility index (Phi) is 5.23. The first-order valence-electron chi connectivity index (χ1n) is 6.97. The minimum Gasteiger partial charge on any atom is -0.465 e. The van der Waals surface area contributed by atoms with Crippen molar-refractivity contribution in [2.24, 2.45) is 0 Å². The van der Waals surface area contributed by atoms with E-state index in [1.807, 2.05) is 11.9 Å². The number of aryl methyl sites for hydroxylation is 1. The first-order valence-corrected chi connectivity index (χ1v) is 6.97. The highest BCUT2D eigenvalue weighted by Crippen LogP contribution is 2.18. The zero-order valence-corrected chi connectivity index (χ0v) is 13.5. The van der Waals surface area contributed by atoms with Crippen molar-refractivity contribution in [3.8, 4) is 0 Å². The molecular formula is C16H19NO6. The second-order valence-electron chi connectivity index (χ2n) is 5.10. The van der Waals surface area contributed by atoms with Crippen LogP contribution in [-0.2, 0) is 22.6 Å². The number of furan rings is 2. The highest BCUT2D eigenvalue weighted by atomic mass is 16.5. The van der Waals surface area contributed by atoms with Crippen molar-refractivity contribution in [1.29, 1.82) is 0 Å². The number of nitrogens with zero attached hydrogens (tertiary/aromatic N) is 1. The van der Waals surface area contributed by atoms with Gasteiger partial charge in [0.2, 0.25) is 5.76 Å². The molecule has 23 heavy (non-hydrogen) atoms. The summed E-state index contributed by atoms with van der Waals surface area (Å²) in [5.41, 5.74) is 0.418. The maximum absolute atomic E-state index is 11.6. The molecule has 0 amide bonds. The molecule has 124 valence electrons. The van der Waals surface area contributed by atoms with Gasteiger partial charge in [-0.25, -0.2) is 9.59 Å². The summed E-state index contributed by atoms with van der Waals surface area (Å²) >= 11 is 0. The highest BCUT2D eigenvalue weighted by Gasteiger charge is 2.17. The molecule has 0 aliphatic rings. The molecule has 0 fully saturated rings. The number of ether oxygens (including phenoxy) is 2. The van der Waals surface area contributed by atoms with Crippen molar-refractivity contribution >= 4 is 11.9 Å². The van der Waals surface area contributed by atoms with Crippen LogP contribution in [0.4, 0.5) is 0 Å². The Bertz CT molecular complexity index is 699. The third-order valence-electron chi connectivity index (χ3n) is 3.27. The maximum atomic E-state index is 11.6. The molecule has 2 rings (SSSR count). The second kappa shape index (κ2) is 7.15. The van der Waals surface area contributed by atoms with Gasteiger partial charge in [-0.05, 0) is 32.2 Å². The molecule has 0 aromatic carbocycles. The van der Waals surface area contributed by atoms with Crippen molar-refractivity contribution < 1.29 is 27.9 Å². The number of rotatable bonds is 6. The number of esters is 2. The Balaban J connectivity index is 1.99. The van der Waals surface area contributed by atoms with Crippen molar-refractivity contribution in [3.05, 3.63) is 46.8 Å². The average molecular weight is 321 g/mol. The molecule has 2 heterocycles. The fourth-order valence-corrected chi connectivity index (χ4v) is 2.20. The molecule has 0 aliphatic heterocycles. The van der Waals surface area contributed by atoms with Gasteiger partial charge in [0.1, 0.15) is 22.8 Å². The molecule has 0 bridgehead atoms. The van der Waals surface area contributed by atoms with E-state index in [1.54, 1.807) is 25.1 Å². The smallest absolute Gasteiger partial charge is 0.373 e. The van der Waals surface area contributed by atoms with Gasteiger partial charge in [-0.2, -0.15) is 0 Å². The van der Waals surface area contributed by atoms with E-state index in [0.717, 1.165) is 0 Å². The number of hydrogen-bond donors (Lipinski definition) is 0. The summed E-state index contributed by atoms with van der Waals surface area (Å²) in [5, 5.41) is 0. The quantitative estimate of drug-likeness (QED) is 0.755. The van der Waals surface area contributed by atoms with Crippen LogP contribution in [0.15, 0.2) is 27.0 Å². The Labute approximate surface area is 133 Å². The van der Waals surface area contributed by atoms with E-state index in [0.29, 0.717) is 35.9 Å². The molecule has 2 aromatic heterocycles. The number of methoxy groups -OCH3 is 2. The molecule has 0 atom stereocenters. The van der Waals surface area contributed by atoms with Crippen LogP contribution in [-0.4, -0.2) is 38.1 Å². The Morgan fingerprint density at radius 1 is 1.04 bits per heavy atom. The van der Waals surface area contributed by atoms with E-state index in [4.69, 9.17) is 13.6 Å². The standard InChI is InChI=1S/C16H19NO6/c1-10-13(15(18)20-3)7-12(22-10)9-17(2)8-11-5-6-14(23-11)16(19)21-4/h5-7H,8-9H2,1-4H3. The van der Waals surface area contributed by atoms with Crippen LogP contribution in [0.3, 0.4) is 0 Å². The Morgan fingerprint density at radius 3 is 2.35 bits per heavy atom. The second-order valence-corrected chi connectivity index (χ2v) is 5.10. The number of carbonyl (C=O) groups excluding carboxylic acids is 2. The largest absolute Gasteiger partial charge is 0.465 e. The fraction of sp³-hybridized carbons (Fsp3) is 0.375. The van der Waals surface area contributed by atoms with Crippen molar-refractivity contribution in [1.82, 2.24) is 4.90 Å². The van der Waals surface area contributed by atoms with E-state index in [1.165, 1.54) is 14.2 Å². The summed E-state index contributed by atoms with van der Waals surface area (Å²) in [6.07, 6.45) is 0. The first kappa shape index (κ1) is 16.8. The molecule has 7 nitrogen and oxygen atoms in total. The van der Waals surface area contributed by atoms with Crippen LogP contribution in [0.5, 0.6) is 0 Å². The van der Waals surface area contributed by atoms with E-state index in [2.05, 4.69) is 4.74 Å². The van der Waals surface area contributed by atoms with Crippen LogP contribution in [0.25, 0.3) is 0 Å². The Morgan fingerprint density at radius 2 is 1.70 bits per heavy atom. The molecule has 0 saturated heterocycles. The van der Waals surface area contributed by atoms with Crippen molar-refractivity contribution in [3.63, 3.8) is 0 Å². The van der Waals surface area contributed by atoms with Gasteiger partial charge < -0.3 is 18.3 Å². The SMILES string of the molecule is COC(=O)c1ccc(CN(C)Cc2cc(C(=O)OC)c(C)o2)o1. The lowest BCUT2D eigenvalue weighted by Gasteiger charge is -2.12. The van der Waals surface area contributed by atoms with Crippen molar-refractivity contribution in [2.75, 3.05) is 21.3 Å². The molecule has 0 aliphatic carbocycles. The van der Waals surface area contributed by atoms with Gasteiger partial charge in [0, 0.05) is 0 Å². The fourth-order valence-electron chi connectivity index (χ4n) is 2.20. The van der Waals surface area contributed by atoms with E-state index >= 15 is 0 Å². The Hall–Kier alpha value is -2.54. The predicted molar refractivity (Wildman–Crippen MR) is 80.0 cm³/mol. The van der Waals surface area contributed by atoms with Gasteiger partial charge in [-0.1, -0.05) is 0 Å². The van der Waals surface area contributed by atoms with Crippen LogP contribution < -0.4 is 0 Å². The summed E-state index contributed by atoms with van der Waals surface area (Å²) in [6.45, 7) is 2.67.